The number of carboxylic acids is 1. The Morgan fingerprint density at radius 3 is 2.38 bits per heavy atom. The third-order valence-electron chi connectivity index (χ3n) is 4.42. The van der Waals surface area contributed by atoms with Crippen molar-refractivity contribution < 1.29 is 29.6 Å². The van der Waals surface area contributed by atoms with Crippen LogP contribution >= 0.6 is 0 Å². The number of hydrogen-bond acceptors (Lipinski definition) is 5. The Bertz CT molecular complexity index is 841. The van der Waals surface area contributed by atoms with E-state index in [9.17, 15) is 24.9 Å². The second-order valence-electron chi connectivity index (χ2n) is 5.86. The number of aliphatic hydroxyl groups is 1. The molecule has 2 aromatic carbocycles. The van der Waals surface area contributed by atoms with E-state index in [2.05, 4.69) is 0 Å². The quantitative estimate of drug-likeness (QED) is 0.657. The molecule has 0 fully saturated rings. The van der Waals surface area contributed by atoms with Crippen molar-refractivity contribution in [3.8, 4) is 22.6 Å². The first-order valence-corrected chi connectivity index (χ1v) is 8.31. The van der Waals surface area contributed by atoms with E-state index < -0.39 is 12.1 Å². The number of aliphatic carboxylic acids is 1. The highest BCUT2D eigenvalue weighted by atomic mass is 16.5. The molecule has 0 aromatic heterocycles. The number of aryl methyl sites for hydroxylation is 1. The fourth-order valence-corrected chi connectivity index (χ4v) is 3.03. The molecular weight excluding hydrogens is 336 g/mol. The smallest absolute Gasteiger partial charge is 0.337 e. The van der Waals surface area contributed by atoms with E-state index in [-0.39, 0.29) is 22.6 Å². The van der Waals surface area contributed by atoms with Gasteiger partial charge in [-0.3, -0.25) is 4.79 Å². The van der Waals surface area contributed by atoms with E-state index in [0.717, 1.165) is 5.56 Å². The standard InChI is InChI=1S/C20H22O6/c1-4-11-6-7-14(18(23)20(24)25)15(8-11)16-9-12(10-21)13(5-2)19(26-3)17(16)22/h6-10,18,22-23H,4-5H2,1-3H3,(H,24,25). The van der Waals surface area contributed by atoms with Gasteiger partial charge in [0.1, 0.15) is 6.29 Å². The molecule has 1 atom stereocenters. The SMILES string of the molecule is CCc1ccc(C(O)C(=O)O)c(-c2cc(C=O)c(CC)c(OC)c2O)c1. The molecule has 0 aliphatic rings. The highest BCUT2D eigenvalue weighted by Crippen LogP contribution is 2.44. The van der Waals surface area contributed by atoms with Crippen molar-refractivity contribution >= 4 is 12.3 Å². The summed E-state index contributed by atoms with van der Waals surface area (Å²) in [5.41, 5.74) is 2.53. The Hall–Kier alpha value is -2.86. The number of aromatic hydroxyl groups is 1. The summed E-state index contributed by atoms with van der Waals surface area (Å²) in [5, 5.41) is 30.0. The van der Waals surface area contributed by atoms with Crippen molar-refractivity contribution in [1.29, 1.82) is 0 Å². The zero-order valence-electron chi connectivity index (χ0n) is 14.9. The van der Waals surface area contributed by atoms with Gasteiger partial charge in [-0.15, -0.1) is 0 Å². The number of methoxy groups -OCH3 is 1. The Labute approximate surface area is 151 Å². The molecule has 6 heteroatoms. The number of ether oxygens (including phenoxy) is 1. The zero-order valence-corrected chi connectivity index (χ0v) is 14.9. The summed E-state index contributed by atoms with van der Waals surface area (Å²) in [4.78, 5) is 22.8. The number of benzene rings is 2. The molecule has 0 amide bonds. The van der Waals surface area contributed by atoms with E-state index in [1.54, 1.807) is 12.1 Å². The van der Waals surface area contributed by atoms with Gasteiger partial charge in [0.05, 0.1) is 7.11 Å². The lowest BCUT2D eigenvalue weighted by atomic mass is 9.90. The van der Waals surface area contributed by atoms with Crippen molar-refractivity contribution in [2.75, 3.05) is 7.11 Å². The molecule has 2 aromatic rings. The van der Waals surface area contributed by atoms with Crippen LogP contribution in [0.25, 0.3) is 11.1 Å². The van der Waals surface area contributed by atoms with Gasteiger partial charge in [-0.25, -0.2) is 4.79 Å². The average molecular weight is 358 g/mol. The van der Waals surface area contributed by atoms with Gasteiger partial charge in [0, 0.05) is 16.7 Å². The van der Waals surface area contributed by atoms with E-state index in [1.807, 2.05) is 13.8 Å². The summed E-state index contributed by atoms with van der Waals surface area (Å²) in [6.07, 6.45) is 0.0697. The van der Waals surface area contributed by atoms with Crippen LogP contribution in [-0.2, 0) is 17.6 Å². The number of carboxylic acid groups (broad SMARTS) is 1. The van der Waals surface area contributed by atoms with Crippen molar-refractivity contribution in [3.63, 3.8) is 0 Å². The van der Waals surface area contributed by atoms with Crippen LogP contribution in [-0.4, -0.2) is 34.7 Å². The van der Waals surface area contributed by atoms with Gasteiger partial charge < -0.3 is 20.1 Å². The molecule has 2 rings (SSSR count). The second kappa shape index (κ2) is 8.01. The normalized spacial score (nSPS) is 11.8. The van der Waals surface area contributed by atoms with Crippen LogP contribution in [0.2, 0.25) is 0 Å². The molecule has 0 spiro atoms. The molecular formula is C20H22O6. The van der Waals surface area contributed by atoms with Crippen LogP contribution in [0.15, 0.2) is 24.3 Å². The predicted octanol–water partition coefficient (Wildman–Crippen LogP) is 3.12. The predicted molar refractivity (Wildman–Crippen MR) is 96.8 cm³/mol. The average Bonchev–Trinajstić information content (AvgIpc) is 2.66. The lowest BCUT2D eigenvalue weighted by molar-refractivity contribution is -0.146. The maximum atomic E-state index is 11.5. The van der Waals surface area contributed by atoms with E-state index >= 15 is 0 Å². The Morgan fingerprint density at radius 2 is 1.88 bits per heavy atom. The van der Waals surface area contributed by atoms with Gasteiger partial charge in [-0.05, 0) is 35.6 Å². The minimum atomic E-state index is -1.76. The first-order valence-electron chi connectivity index (χ1n) is 8.31. The van der Waals surface area contributed by atoms with Crippen molar-refractivity contribution in [1.82, 2.24) is 0 Å². The largest absolute Gasteiger partial charge is 0.504 e. The third kappa shape index (κ3) is 3.41. The molecule has 138 valence electrons. The topological polar surface area (TPSA) is 104 Å². The van der Waals surface area contributed by atoms with Crippen LogP contribution < -0.4 is 4.74 Å². The Balaban J connectivity index is 2.86. The van der Waals surface area contributed by atoms with Crippen molar-refractivity contribution in [3.05, 3.63) is 46.5 Å². The molecule has 1 unspecified atom stereocenters. The summed E-state index contributed by atoms with van der Waals surface area (Å²) in [7, 11) is 1.39. The van der Waals surface area contributed by atoms with Crippen LogP contribution in [0.5, 0.6) is 11.5 Å². The van der Waals surface area contributed by atoms with Crippen LogP contribution in [0.3, 0.4) is 0 Å². The number of phenolic OH excluding ortho intramolecular Hbond substituents is 1. The first-order chi connectivity index (χ1) is 12.4. The third-order valence-corrected chi connectivity index (χ3v) is 4.42. The van der Waals surface area contributed by atoms with Gasteiger partial charge >= 0.3 is 5.97 Å². The lowest BCUT2D eigenvalue weighted by Gasteiger charge is -2.19. The molecule has 0 aliphatic carbocycles. The molecule has 26 heavy (non-hydrogen) atoms. The first kappa shape index (κ1) is 19.5. The molecule has 0 saturated carbocycles. The molecule has 0 heterocycles. The fraction of sp³-hybridized carbons (Fsp3) is 0.300. The molecule has 0 saturated heterocycles. The lowest BCUT2D eigenvalue weighted by Crippen LogP contribution is -2.12. The number of aliphatic hydroxyl groups excluding tert-OH is 1. The van der Waals surface area contributed by atoms with Crippen molar-refractivity contribution in [2.45, 2.75) is 32.8 Å². The van der Waals surface area contributed by atoms with Gasteiger partial charge in [-0.1, -0.05) is 32.0 Å². The van der Waals surface area contributed by atoms with Crippen LogP contribution in [0, 0.1) is 0 Å². The Kier molecular flexibility index (Phi) is 6.00. The fourth-order valence-electron chi connectivity index (χ4n) is 3.03. The van der Waals surface area contributed by atoms with Crippen LogP contribution in [0.1, 0.15) is 47.0 Å². The zero-order chi connectivity index (χ0) is 19.4. The molecule has 0 bridgehead atoms. The van der Waals surface area contributed by atoms with E-state index in [0.29, 0.717) is 35.8 Å². The Morgan fingerprint density at radius 1 is 1.19 bits per heavy atom. The number of phenols is 1. The summed E-state index contributed by atoms with van der Waals surface area (Å²) in [6, 6.07) is 6.44. The van der Waals surface area contributed by atoms with Gasteiger partial charge in [0.2, 0.25) is 0 Å². The monoisotopic (exact) mass is 358 g/mol. The number of carbonyl (C=O) groups excluding carboxylic acids is 1. The minimum Gasteiger partial charge on any atom is -0.504 e. The highest BCUT2D eigenvalue weighted by molar-refractivity contribution is 5.89. The van der Waals surface area contributed by atoms with Crippen LogP contribution in [0.4, 0.5) is 0 Å². The minimum absolute atomic E-state index is 0.133. The van der Waals surface area contributed by atoms with Gasteiger partial charge in [-0.2, -0.15) is 0 Å². The van der Waals surface area contributed by atoms with E-state index in [4.69, 9.17) is 4.74 Å². The summed E-state index contributed by atoms with van der Waals surface area (Å²) >= 11 is 0. The summed E-state index contributed by atoms with van der Waals surface area (Å²) in [6.45, 7) is 3.77. The van der Waals surface area contributed by atoms with Crippen molar-refractivity contribution in [2.24, 2.45) is 0 Å². The number of rotatable bonds is 7. The maximum absolute atomic E-state index is 11.5. The summed E-state index contributed by atoms with van der Waals surface area (Å²) in [5.74, 6) is -1.42. The second-order valence-corrected chi connectivity index (χ2v) is 5.86. The number of carbonyl (C=O) groups is 2. The van der Waals surface area contributed by atoms with Gasteiger partial charge in [0.15, 0.2) is 17.6 Å². The molecule has 6 nitrogen and oxygen atoms in total. The number of hydrogen-bond donors (Lipinski definition) is 3. The highest BCUT2D eigenvalue weighted by Gasteiger charge is 2.25. The van der Waals surface area contributed by atoms with Gasteiger partial charge in [0.25, 0.3) is 0 Å². The molecule has 3 N–H and O–H groups in total. The molecule has 0 radical (unpaired) electrons. The maximum Gasteiger partial charge on any atom is 0.337 e. The molecule has 0 aliphatic heterocycles. The van der Waals surface area contributed by atoms with E-state index in [1.165, 1.54) is 19.2 Å². The summed E-state index contributed by atoms with van der Waals surface area (Å²) < 4.78 is 5.29. The number of aldehydes is 1.